The minimum atomic E-state index is -0.347. The first kappa shape index (κ1) is 22.6. The molecule has 33 heavy (non-hydrogen) atoms. The molecule has 4 rings (SSSR count). The van der Waals surface area contributed by atoms with Gasteiger partial charge in [0.15, 0.2) is 0 Å². The Kier molecular flexibility index (Phi) is 6.78. The molecule has 0 bridgehead atoms. The molecule has 1 aliphatic heterocycles. The van der Waals surface area contributed by atoms with Crippen LogP contribution >= 0.6 is 0 Å². The summed E-state index contributed by atoms with van der Waals surface area (Å²) in [5.74, 6) is 0.0141. The number of allylic oxidation sites excluding steroid dienone is 4. The van der Waals surface area contributed by atoms with Crippen LogP contribution in [0.3, 0.4) is 0 Å². The molecule has 4 nitrogen and oxygen atoms in total. The highest BCUT2D eigenvalue weighted by Crippen LogP contribution is 2.33. The predicted molar refractivity (Wildman–Crippen MR) is 134 cm³/mol. The highest BCUT2D eigenvalue weighted by atomic mass is 19.1. The second-order valence-electron chi connectivity index (χ2n) is 8.41. The van der Waals surface area contributed by atoms with Gasteiger partial charge in [-0.1, -0.05) is 44.7 Å². The molecule has 2 N–H and O–H groups in total. The van der Waals surface area contributed by atoms with Crippen molar-refractivity contribution in [1.82, 2.24) is 20.2 Å². The number of aromatic amines is 1. The standard InChI is InChI=1S/C28H31FN4/c1-5-19(3)28(6-2)33-18-23(22-13-24(29)17-30-15-22)14-27(20(33)4)31-12-11-21-16-32-26-10-8-7-9-25(21)26/h6-10,13-19,31-32H,4-5,11-12H2,1-3H3/b28-6-. The number of para-hydroxylation sites is 1. The third-order valence-electron chi connectivity index (χ3n) is 6.28. The first-order valence-corrected chi connectivity index (χ1v) is 11.5. The fourth-order valence-corrected chi connectivity index (χ4v) is 4.27. The lowest BCUT2D eigenvalue weighted by Crippen LogP contribution is -2.29. The second kappa shape index (κ2) is 9.90. The van der Waals surface area contributed by atoms with E-state index in [9.17, 15) is 4.39 Å². The molecule has 5 heteroatoms. The van der Waals surface area contributed by atoms with E-state index in [4.69, 9.17) is 0 Å². The number of H-pyrrole nitrogens is 1. The lowest BCUT2D eigenvalue weighted by molar-refractivity contribution is 0.463. The molecule has 170 valence electrons. The fraction of sp³-hybridized carbons (Fsp3) is 0.250. The Balaban J connectivity index is 1.61. The smallest absolute Gasteiger partial charge is 0.142 e. The fourth-order valence-electron chi connectivity index (χ4n) is 4.27. The summed E-state index contributed by atoms with van der Waals surface area (Å²) in [4.78, 5) is 9.51. The largest absolute Gasteiger partial charge is 0.383 e. The van der Waals surface area contributed by atoms with Crippen molar-refractivity contribution in [2.24, 2.45) is 5.92 Å². The first-order chi connectivity index (χ1) is 16.0. The summed E-state index contributed by atoms with van der Waals surface area (Å²) < 4.78 is 13.9. The maximum Gasteiger partial charge on any atom is 0.142 e. The number of benzene rings is 1. The molecule has 0 amide bonds. The zero-order valence-corrected chi connectivity index (χ0v) is 19.5. The molecule has 1 unspecified atom stereocenters. The first-order valence-electron chi connectivity index (χ1n) is 11.5. The quantitative estimate of drug-likeness (QED) is 0.416. The summed E-state index contributed by atoms with van der Waals surface area (Å²) >= 11 is 0. The Morgan fingerprint density at radius 1 is 1.30 bits per heavy atom. The summed E-state index contributed by atoms with van der Waals surface area (Å²) in [5, 5.41) is 4.83. The number of hydrogen-bond donors (Lipinski definition) is 2. The summed E-state index contributed by atoms with van der Waals surface area (Å²) in [5.41, 5.74) is 7.05. The minimum Gasteiger partial charge on any atom is -0.383 e. The Labute approximate surface area is 195 Å². The number of pyridine rings is 1. The number of hydrogen-bond acceptors (Lipinski definition) is 3. The van der Waals surface area contributed by atoms with E-state index in [1.165, 1.54) is 28.9 Å². The summed E-state index contributed by atoms with van der Waals surface area (Å²) in [7, 11) is 0. The van der Waals surface area contributed by atoms with Crippen molar-refractivity contribution >= 4 is 16.5 Å². The third-order valence-corrected chi connectivity index (χ3v) is 6.28. The average Bonchev–Trinajstić information content (AvgIpc) is 3.24. The number of rotatable bonds is 8. The van der Waals surface area contributed by atoms with E-state index in [-0.39, 0.29) is 5.82 Å². The third kappa shape index (κ3) is 4.77. The van der Waals surface area contributed by atoms with Crippen LogP contribution < -0.4 is 5.32 Å². The van der Waals surface area contributed by atoms with E-state index in [1.807, 2.05) is 18.3 Å². The molecule has 1 aliphatic rings. The Hall–Kier alpha value is -3.60. The molecule has 0 aliphatic carbocycles. The molecular formula is C28H31FN4. The van der Waals surface area contributed by atoms with Gasteiger partial charge in [0.05, 0.1) is 17.6 Å². The molecule has 0 fully saturated rings. The second-order valence-corrected chi connectivity index (χ2v) is 8.41. The van der Waals surface area contributed by atoms with Gasteiger partial charge in [-0.2, -0.15) is 0 Å². The Morgan fingerprint density at radius 3 is 2.88 bits per heavy atom. The van der Waals surface area contributed by atoms with Crippen molar-refractivity contribution in [2.75, 3.05) is 6.54 Å². The number of fused-ring (bicyclic) bond motifs is 1. The van der Waals surface area contributed by atoms with Gasteiger partial charge in [0.25, 0.3) is 0 Å². The SMILES string of the molecule is C=C1C(NCCc2c[nH]c3ccccc23)=CC(c2cncc(F)c2)=CN1/C(=C\C)C(C)CC. The van der Waals surface area contributed by atoms with Gasteiger partial charge in [-0.3, -0.25) is 4.98 Å². The van der Waals surface area contributed by atoms with Gasteiger partial charge >= 0.3 is 0 Å². The van der Waals surface area contributed by atoms with Crippen LogP contribution in [0.5, 0.6) is 0 Å². The summed E-state index contributed by atoms with van der Waals surface area (Å²) in [6, 6.07) is 9.85. The molecule has 0 radical (unpaired) electrons. The predicted octanol–water partition coefficient (Wildman–Crippen LogP) is 6.54. The zero-order valence-electron chi connectivity index (χ0n) is 19.5. The van der Waals surface area contributed by atoms with Crippen LogP contribution in [0.2, 0.25) is 0 Å². The van der Waals surface area contributed by atoms with Crippen molar-refractivity contribution < 1.29 is 4.39 Å². The molecule has 2 aromatic heterocycles. The van der Waals surface area contributed by atoms with Crippen molar-refractivity contribution in [3.8, 4) is 0 Å². The van der Waals surface area contributed by atoms with E-state index >= 15 is 0 Å². The molecule has 3 aromatic rings. The van der Waals surface area contributed by atoms with Crippen LogP contribution in [-0.2, 0) is 6.42 Å². The number of halogens is 1. The van der Waals surface area contributed by atoms with Gasteiger partial charge in [0, 0.05) is 52.9 Å². The monoisotopic (exact) mass is 442 g/mol. The van der Waals surface area contributed by atoms with Crippen LogP contribution in [0.1, 0.15) is 38.3 Å². The highest BCUT2D eigenvalue weighted by Gasteiger charge is 2.23. The van der Waals surface area contributed by atoms with Gasteiger partial charge in [-0.15, -0.1) is 0 Å². The molecule has 1 atom stereocenters. The number of aromatic nitrogens is 2. The Bertz CT molecular complexity index is 1250. The van der Waals surface area contributed by atoms with E-state index in [2.05, 4.69) is 78.0 Å². The van der Waals surface area contributed by atoms with Crippen molar-refractivity contribution in [3.63, 3.8) is 0 Å². The van der Waals surface area contributed by atoms with Crippen LogP contribution in [0.25, 0.3) is 16.5 Å². The molecule has 0 spiro atoms. The van der Waals surface area contributed by atoms with Gasteiger partial charge in [0.2, 0.25) is 0 Å². The number of nitrogens with zero attached hydrogens (tertiary/aromatic N) is 2. The van der Waals surface area contributed by atoms with Crippen LogP contribution in [0, 0.1) is 11.7 Å². The lowest BCUT2D eigenvalue weighted by Gasteiger charge is -2.34. The van der Waals surface area contributed by atoms with Gasteiger partial charge in [-0.05, 0) is 49.5 Å². The van der Waals surface area contributed by atoms with Gasteiger partial charge in [-0.25, -0.2) is 4.39 Å². The maximum atomic E-state index is 13.9. The van der Waals surface area contributed by atoms with Crippen molar-refractivity contribution in [1.29, 1.82) is 0 Å². The van der Waals surface area contributed by atoms with Crippen LogP contribution in [-0.4, -0.2) is 21.4 Å². The highest BCUT2D eigenvalue weighted by molar-refractivity contribution is 5.83. The topological polar surface area (TPSA) is 44.0 Å². The van der Waals surface area contributed by atoms with Crippen LogP contribution in [0.15, 0.2) is 90.9 Å². The van der Waals surface area contributed by atoms with Crippen molar-refractivity contribution in [2.45, 2.75) is 33.6 Å². The van der Waals surface area contributed by atoms with Gasteiger partial charge < -0.3 is 15.2 Å². The maximum absolute atomic E-state index is 13.9. The van der Waals surface area contributed by atoms with Crippen molar-refractivity contribution in [3.05, 3.63) is 108 Å². The van der Waals surface area contributed by atoms with E-state index in [1.54, 1.807) is 6.20 Å². The van der Waals surface area contributed by atoms with E-state index in [0.29, 0.717) is 5.92 Å². The van der Waals surface area contributed by atoms with E-state index < -0.39 is 0 Å². The number of nitrogens with one attached hydrogen (secondary N) is 2. The zero-order chi connectivity index (χ0) is 23.4. The molecule has 0 saturated carbocycles. The molecule has 0 saturated heterocycles. The molecule has 1 aromatic carbocycles. The molecule has 3 heterocycles. The normalized spacial score (nSPS) is 15.5. The van der Waals surface area contributed by atoms with Crippen LogP contribution in [0.4, 0.5) is 4.39 Å². The van der Waals surface area contributed by atoms with Gasteiger partial charge in [0.1, 0.15) is 5.82 Å². The Morgan fingerprint density at radius 2 is 2.12 bits per heavy atom. The van der Waals surface area contributed by atoms with E-state index in [0.717, 1.165) is 47.4 Å². The summed E-state index contributed by atoms with van der Waals surface area (Å²) in [6.07, 6.45) is 13.1. The minimum absolute atomic E-state index is 0.347. The lowest BCUT2D eigenvalue weighted by atomic mass is 9.98. The average molecular weight is 443 g/mol. The molecular weight excluding hydrogens is 411 g/mol. The summed E-state index contributed by atoms with van der Waals surface area (Å²) in [6.45, 7) is 11.6.